The van der Waals surface area contributed by atoms with E-state index in [1.165, 1.54) is 48.9 Å². The standard InChI is InChI=1S/C42H51N5O/c1-4-24(2)39(48)23-47-37-19-32(37)20-38(47)42-44-22-36(46-42)29-11-7-27(8-12-29)34-18-17-33(40-30-13-15-31(16-14-30)41(34)40)26-5-9-28(10-6-26)35-21-43-25(3)45-35/h5,7,9,11,17-18,21-22,24,30-32,37-38,40-41H,4,6,8,10,12-16,19-20,23H2,1-3H3,(H,43,45)(H,44,46). The fourth-order valence-electron chi connectivity index (χ4n) is 10.4. The molecule has 1 saturated heterocycles. The van der Waals surface area contributed by atoms with Crippen molar-refractivity contribution in [2.75, 3.05) is 6.54 Å². The van der Waals surface area contributed by atoms with Gasteiger partial charge < -0.3 is 9.97 Å². The molecule has 6 heteroatoms. The summed E-state index contributed by atoms with van der Waals surface area (Å²) in [6.07, 6.45) is 31.9. The van der Waals surface area contributed by atoms with Gasteiger partial charge in [-0.3, -0.25) is 9.69 Å². The van der Waals surface area contributed by atoms with Crippen LogP contribution in [0.3, 0.4) is 0 Å². The van der Waals surface area contributed by atoms with Gasteiger partial charge in [0.25, 0.3) is 0 Å². The number of H-pyrrole nitrogens is 2. The molecule has 7 aliphatic carbocycles. The maximum Gasteiger partial charge on any atom is 0.149 e. The second-order valence-corrected chi connectivity index (χ2v) is 16.1. The Morgan fingerprint density at radius 3 is 1.88 bits per heavy atom. The van der Waals surface area contributed by atoms with Crippen LogP contribution in [0.15, 0.2) is 71.1 Å². The van der Waals surface area contributed by atoms with Crippen molar-refractivity contribution in [1.29, 1.82) is 0 Å². The van der Waals surface area contributed by atoms with E-state index in [9.17, 15) is 4.79 Å². The van der Waals surface area contributed by atoms with Gasteiger partial charge in [-0.25, -0.2) is 9.97 Å². The molecule has 2 aromatic heterocycles. The van der Waals surface area contributed by atoms with Crippen LogP contribution in [0.2, 0.25) is 0 Å². The second kappa shape index (κ2) is 12.1. The van der Waals surface area contributed by atoms with Crippen LogP contribution in [-0.4, -0.2) is 43.2 Å². The minimum absolute atomic E-state index is 0.136. The number of hydrogen-bond acceptors (Lipinski definition) is 4. The minimum atomic E-state index is 0.136. The number of fused-ring (bicyclic) bond motifs is 3. The number of aryl methyl sites for hydroxylation is 1. The SMILES string of the molecule is CCC(C)C(=O)CN1C(c2ncc(C3=CC=C(C4=CC=C(C5=CC=C(c6cnc(C)[nH]6)CC5)C5C6CCC(CC6)C45)CC3)[nH]2)CC2CC21. The molecule has 6 nitrogen and oxygen atoms in total. The Bertz CT molecular complexity index is 1800. The van der Waals surface area contributed by atoms with E-state index in [0.717, 1.165) is 73.6 Å². The molecule has 2 aromatic rings. The number of ketones is 1. The van der Waals surface area contributed by atoms with Crippen molar-refractivity contribution in [2.45, 2.75) is 103 Å². The number of hydrogen-bond donors (Lipinski definition) is 2. The number of nitrogens with zero attached hydrogens (tertiary/aromatic N) is 3. The lowest BCUT2D eigenvalue weighted by atomic mass is 9.52. The zero-order chi connectivity index (χ0) is 32.5. The molecule has 2 bridgehead atoms. The predicted molar refractivity (Wildman–Crippen MR) is 192 cm³/mol. The molecular weight excluding hydrogens is 590 g/mol. The van der Waals surface area contributed by atoms with Gasteiger partial charge in [0.1, 0.15) is 17.4 Å². The Labute approximate surface area is 285 Å². The summed E-state index contributed by atoms with van der Waals surface area (Å²) < 4.78 is 0. The summed E-state index contributed by atoms with van der Waals surface area (Å²) in [7, 11) is 0. The van der Waals surface area contributed by atoms with Crippen molar-refractivity contribution in [2.24, 2.45) is 35.5 Å². The molecule has 4 saturated carbocycles. The fraction of sp³-hybridized carbons (Fsp3) is 0.548. The van der Waals surface area contributed by atoms with Gasteiger partial charge in [0.2, 0.25) is 0 Å². The van der Waals surface area contributed by atoms with Gasteiger partial charge in [0.05, 0.1) is 36.4 Å². The molecule has 0 aromatic carbocycles. The van der Waals surface area contributed by atoms with Gasteiger partial charge in [-0.2, -0.15) is 0 Å². The molecule has 6 unspecified atom stereocenters. The van der Waals surface area contributed by atoms with Crippen LogP contribution in [0.5, 0.6) is 0 Å². The average Bonchev–Trinajstić information content (AvgIpc) is 3.41. The van der Waals surface area contributed by atoms with Gasteiger partial charge in [-0.05, 0) is 141 Å². The first-order chi connectivity index (χ1) is 23.4. The van der Waals surface area contributed by atoms with Crippen molar-refractivity contribution in [3.8, 4) is 0 Å². The summed E-state index contributed by atoms with van der Waals surface area (Å²) in [6.45, 7) is 6.79. The Kier molecular flexibility index (Phi) is 7.71. The van der Waals surface area contributed by atoms with Gasteiger partial charge in [0.15, 0.2) is 0 Å². The van der Waals surface area contributed by atoms with Gasteiger partial charge >= 0.3 is 0 Å². The first kappa shape index (κ1) is 30.5. The highest BCUT2D eigenvalue weighted by Crippen LogP contribution is 2.59. The number of nitrogens with one attached hydrogen (secondary N) is 2. The van der Waals surface area contributed by atoms with Gasteiger partial charge in [0, 0.05) is 12.0 Å². The van der Waals surface area contributed by atoms with E-state index in [-0.39, 0.29) is 12.0 Å². The third kappa shape index (κ3) is 5.30. The maximum atomic E-state index is 12.9. The zero-order valence-electron chi connectivity index (χ0n) is 29.0. The third-order valence-electron chi connectivity index (χ3n) is 13.5. The number of imidazole rings is 2. The number of aromatic amines is 2. The van der Waals surface area contributed by atoms with Crippen molar-refractivity contribution in [3.63, 3.8) is 0 Å². The number of rotatable bonds is 9. The van der Waals surface area contributed by atoms with Gasteiger partial charge in [-0.15, -0.1) is 0 Å². The highest BCUT2D eigenvalue weighted by Gasteiger charge is 2.53. The number of aromatic nitrogens is 4. The molecule has 5 fully saturated rings. The third-order valence-corrected chi connectivity index (χ3v) is 13.5. The molecule has 250 valence electrons. The van der Waals surface area contributed by atoms with E-state index in [4.69, 9.17) is 4.98 Å². The van der Waals surface area contributed by atoms with Crippen molar-refractivity contribution in [1.82, 2.24) is 24.8 Å². The molecule has 1 aliphatic heterocycles. The number of carbonyl (C=O) groups is 1. The van der Waals surface area contributed by atoms with E-state index in [1.54, 1.807) is 22.3 Å². The Morgan fingerprint density at radius 1 is 0.771 bits per heavy atom. The molecule has 0 amide bonds. The monoisotopic (exact) mass is 641 g/mol. The topological polar surface area (TPSA) is 77.7 Å². The first-order valence-electron chi connectivity index (χ1n) is 19.0. The fourth-order valence-corrected chi connectivity index (χ4v) is 10.4. The number of Topliss-reactive ketones (excluding diaryl/α,β-unsaturated/α-hetero) is 1. The molecule has 3 heterocycles. The largest absolute Gasteiger partial charge is 0.343 e. The maximum absolute atomic E-state index is 12.9. The Hall–Kier alpha value is -3.51. The van der Waals surface area contributed by atoms with E-state index in [2.05, 4.69) is 76.4 Å². The van der Waals surface area contributed by atoms with E-state index < -0.39 is 0 Å². The molecule has 48 heavy (non-hydrogen) atoms. The van der Waals surface area contributed by atoms with Crippen LogP contribution >= 0.6 is 0 Å². The summed E-state index contributed by atoms with van der Waals surface area (Å²) in [6, 6.07) is 0.816. The summed E-state index contributed by atoms with van der Waals surface area (Å²) in [5, 5.41) is 0. The van der Waals surface area contributed by atoms with Crippen LogP contribution in [-0.2, 0) is 4.79 Å². The second-order valence-electron chi connectivity index (χ2n) is 16.1. The molecule has 10 rings (SSSR count). The Morgan fingerprint density at radius 2 is 1.33 bits per heavy atom. The van der Waals surface area contributed by atoms with Crippen LogP contribution in [0.4, 0.5) is 0 Å². The molecule has 6 atom stereocenters. The summed E-state index contributed by atoms with van der Waals surface area (Å²) in [4.78, 5) is 31.8. The smallest absolute Gasteiger partial charge is 0.149 e. The van der Waals surface area contributed by atoms with Crippen LogP contribution in [0.1, 0.15) is 114 Å². The normalized spacial score (nSPS) is 33.1. The minimum Gasteiger partial charge on any atom is -0.343 e. The van der Waals surface area contributed by atoms with E-state index >= 15 is 0 Å². The first-order valence-corrected chi connectivity index (χ1v) is 19.0. The molecule has 0 radical (unpaired) electrons. The molecule has 2 N–H and O–H groups in total. The predicted octanol–water partition coefficient (Wildman–Crippen LogP) is 9.02. The quantitative estimate of drug-likeness (QED) is 0.287. The Balaban J connectivity index is 0.956. The number of carbonyl (C=O) groups excluding carboxylic acids is 1. The van der Waals surface area contributed by atoms with Crippen molar-refractivity contribution < 1.29 is 4.79 Å². The summed E-state index contributed by atoms with van der Waals surface area (Å²) >= 11 is 0. The molecular formula is C42H51N5O. The van der Waals surface area contributed by atoms with Gasteiger partial charge in [-0.1, -0.05) is 50.3 Å². The van der Waals surface area contributed by atoms with Crippen molar-refractivity contribution >= 4 is 16.9 Å². The van der Waals surface area contributed by atoms with E-state index in [0.29, 0.717) is 30.2 Å². The lowest BCUT2D eigenvalue weighted by molar-refractivity contribution is -0.124. The number of likely N-dealkylation sites (tertiary alicyclic amines) is 1. The number of allylic oxidation sites excluding steroid dienone is 12. The van der Waals surface area contributed by atoms with E-state index in [1.807, 2.05) is 13.1 Å². The summed E-state index contributed by atoms with van der Waals surface area (Å²) in [5.74, 6) is 6.25. The van der Waals surface area contributed by atoms with Crippen LogP contribution < -0.4 is 0 Å². The zero-order valence-corrected chi connectivity index (χ0v) is 29.0. The highest BCUT2D eigenvalue weighted by molar-refractivity contribution is 5.82. The highest BCUT2D eigenvalue weighted by atomic mass is 16.1. The molecule has 0 spiro atoms. The molecule has 8 aliphatic rings. The van der Waals surface area contributed by atoms with Crippen LogP contribution in [0, 0.1) is 42.4 Å². The van der Waals surface area contributed by atoms with Crippen LogP contribution in [0.25, 0.3) is 11.1 Å². The summed E-state index contributed by atoms with van der Waals surface area (Å²) in [5.41, 5.74) is 11.4. The lowest BCUT2D eigenvalue weighted by Crippen LogP contribution is -2.43. The average molecular weight is 642 g/mol. The van der Waals surface area contributed by atoms with Crippen molar-refractivity contribution in [3.05, 3.63) is 94.2 Å². The number of piperidine rings is 1. The lowest BCUT2D eigenvalue weighted by Gasteiger charge is -2.52.